The number of rotatable bonds is 4. The summed E-state index contributed by atoms with van der Waals surface area (Å²) in [5.41, 5.74) is 0. The molecule has 3 rings (SSSR count). The fraction of sp³-hybridized carbons (Fsp3) is 1.00. The van der Waals surface area contributed by atoms with E-state index in [2.05, 4.69) is 9.62 Å². The van der Waals surface area contributed by atoms with E-state index < -0.39 is 10.0 Å². The van der Waals surface area contributed by atoms with Gasteiger partial charge in [-0.1, -0.05) is 19.3 Å². The van der Waals surface area contributed by atoms with Crippen molar-refractivity contribution in [1.82, 2.24) is 9.62 Å². The molecule has 0 aromatic carbocycles. The number of hydrogen-bond donors (Lipinski definition) is 1. The average molecular weight is 330 g/mol. The second kappa shape index (κ2) is 7.16. The largest absolute Gasteiger partial charge is 0.377 e. The summed E-state index contributed by atoms with van der Waals surface area (Å²) in [7, 11) is -3.26. The van der Waals surface area contributed by atoms with Crippen molar-refractivity contribution in [3.8, 4) is 0 Å². The quantitative estimate of drug-likeness (QED) is 0.855. The average Bonchev–Trinajstić information content (AvgIpc) is 2.95. The molecule has 5 nitrogen and oxygen atoms in total. The van der Waals surface area contributed by atoms with Gasteiger partial charge < -0.3 is 4.74 Å². The number of hydrogen-bond acceptors (Lipinski definition) is 4. The van der Waals surface area contributed by atoms with Crippen molar-refractivity contribution in [2.24, 2.45) is 0 Å². The second-order valence-electron chi connectivity index (χ2n) is 7.19. The van der Waals surface area contributed by atoms with E-state index in [1.165, 1.54) is 32.1 Å². The molecule has 6 heteroatoms. The summed E-state index contributed by atoms with van der Waals surface area (Å²) in [4.78, 5) is 2.53. The SMILES string of the molecule is CC1OCCC1S(=O)(=O)NC1CCCN(C2CCCCC2)C1. The van der Waals surface area contributed by atoms with Crippen molar-refractivity contribution in [3.05, 3.63) is 0 Å². The Morgan fingerprint density at radius 2 is 1.82 bits per heavy atom. The molecule has 128 valence electrons. The molecule has 0 aromatic heterocycles. The van der Waals surface area contributed by atoms with Crippen LogP contribution in [0.4, 0.5) is 0 Å². The smallest absolute Gasteiger partial charge is 0.217 e. The molecule has 1 saturated carbocycles. The Morgan fingerprint density at radius 3 is 2.50 bits per heavy atom. The predicted molar refractivity (Wildman–Crippen MR) is 87.3 cm³/mol. The summed E-state index contributed by atoms with van der Waals surface area (Å²) in [6.07, 6.45) is 9.08. The van der Waals surface area contributed by atoms with Gasteiger partial charge in [0, 0.05) is 25.2 Å². The molecule has 2 heterocycles. The van der Waals surface area contributed by atoms with Crippen LogP contribution in [0.3, 0.4) is 0 Å². The molecule has 1 N–H and O–H groups in total. The van der Waals surface area contributed by atoms with Gasteiger partial charge >= 0.3 is 0 Å². The second-order valence-corrected chi connectivity index (χ2v) is 9.12. The number of likely N-dealkylation sites (tertiary alicyclic amines) is 1. The van der Waals surface area contributed by atoms with Crippen LogP contribution in [-0.4, -0.2) is 56.5 Å². The Morgan fingerprint density at radius 1 is 1.05 bits per heavy atom. The molecular formula is C16H30N2O3S. The number of ether oxygens (including phenoxy) is 1. The van der Waals surface area contributed by atoms with Crippen molar-refractivity contribution in [2.45, 2.75) is 81.7 Å². The molecule has 2 aliphatic heterocycles. The zero-order chi connectivity index (χ0) is 15.6. The lowest BCUT2D eigenvalue weighted by Crippen LogP contribution is -2.53. The van der Waals surface area contributed by atoms with Crippen LogP contribution in [-0.2, 0) is 14.8 Å². The lowest BCUT2D eigenvalue weighted by Gasteiger charge is -2.40. The minimum absolute atomic E-state index is 0.0773. The number of piperidine rings is 1. The van der Waals surface area contributed by atoms with Crippen LogP contribution >= 0.6 is 0 Å². The van der Waals surface area contributed by atoms with Gasteiger partial charge in [0.1, 0.15) is 5.25 Å². The lowest BCUT2D eigenvalue weighted by molar-refractivity contribution is 0.115. The topological polar surface area (TPSA) is 58.6 Å². The molecule has 22 heavy (non-hydrogen) atoms. The van der Waals surface area contributed by atoms with E-state index in [1.54, 1.807) is 0 Å². The molecule has 0 aromatic rings. The summed E-state index contributed by atoms with van der Waals surface area (Å²) < 4.78 is 33.6. The Labute approximate surface area is 134 Å². The van der Waals surface area contributed by atoms with Crippen molar-refractivity contribution in [3.63, 3.8) is 0 Å². The predicted octanol–water partition coefficient (Wildman–Crippen LogP) is 1.88. The Kier molecular flexibility index (Phi) is 5.43. The zero-order valence-electron chi connectivity index (χ0n) is 13.7. The van der Waals surface area contributed by atoms with E-state index in [9.17, 15) is 8.42 Å². The van der Waals surface area contributed by atoms with Crippen LogP contribution in [0.1, 0.15) is 58.3 Å². The molecule has 0 spiro atoms. The van der Waals surface area contributed by atoms with Gasteiger partial charge in [-0.15, -0.1) is 0 Å². The minimum Gasteiger partial charge on any atom is -0.377 e. The Balaban J connectivity index is 1.57. The maximum Gasteiger partial charge on any atom is 0.217 e. The Hall–Kier alpha value is -0.170. The summed E-state index contributed by atoms with van der Waals surface area (Å²) in [5, 5.41) is -0.377. The van der Waals surface area contributed by atoms with Crippen molar-refractivity contribution in [2.75, 3.05) is 19.7 Å². The highest BCUT2D eigenvalue weighted by molar-refractivity contribution is 7.90. The minimum atomic E-state index is -3.26. The van der Waals surface area contributed by atoms with Gasteiger partial charge in [0.2, 0.25) is 10.0 Å². The van der Waals surface area contributed by atoms with E-state index in [1.807, 2.05) is 6.92 Å². The molecule has 3 unspecified atom stereocenters. The third-order valence-corrected chi connectivity index (χ3v) is 7.66. The van der Waals surface area contributed by atoms with Gasteiger partial charge in [0.15, 0.2) is 0 Å². The van der Waals surface area contributed by atoms with Crippen LogP contribution in [0.25, 0.3) is 0 Å². The molecule has 3 atom stereocenters. The first-order chi connectivity index (χ1) is 10.6. The molecule has 0 amide bonds. The highest BCUT2D eigenvalue weighted by Crippen LogP contribution is 2.26. The van der Waals surface area contributed by atoms with Gasteiger partial charge in [-0.05, 0) is 45.6 Å². The van der Waals surface area contributed by atoms with E-state index in [4.69, 9.17) is 4.74 Å². The van der Waals surface area contributed by atoms with Crippen LogP contribution < -0.4 is 4.72 Å². The van der Waals surface area contributed by atoms with Gasteiger partial charge in [0.05, 0.1) is 6.10 Å². The standard InChI is InChI=1S/C16H30N2O3S/c1-13-16(9-11-21-13)22(19,20)17-14-6-5-10-18(12-14)15-7-3-2-4-8-15/h13-17H,2-12H2,1H3. The number of nitrogens with one attached hydrogen (secondary N) is 1. The summed E-state index contributed by atoms with van der Waals surface area (Å²) >= 11 is 0. The van der Waals surface area contributed by atoms with Crippen molar-refractivity contribution >= 4 is 10.0 Å². The van der Waals surface area contributed by atoms with E-state index in [0.29, 0.717) is 19.1 Å². The first kappa shape index (κ1) is 16.7. The van der Waals surface area contributed by atoms with Gasteiger partial charge in [0.25, 0.3) is 0 Å². The molecule has 2 saturated heterocycles. The zero-order valence-corrected chi connectivity index (χ0v) is 14.5. The van der Waals surface area contributed by atoms with Gasteiger partial charge in [-0.2, -0.15) is 0 Å². The van der Waals surface area contributed by atoms with Crippen LogP contribution in [0.2, 0.25) is 0 Å². The third-order valence-electron chi connectivity index (χ3n) is 5.58. The fourth-order valence-corrected chi connectivity index (χ4v) is 6.14. The maximum absolute atomic E-state index is 12.6. The summed E-state index contributed by atoms with van der Waals surface area (Å²) in [6, 6.07) is 0.753. The molecule has 3 fully saturated rings. The third kappa shape index (κ3) is 3.83. The monoisotopic (exact) mass is 330 g/mol. The van der Waals surface area contributed by atoms with Gasteiger partial charge in [-0.25, -0.2) is 13.1 Å². The Bertz CT molecular complexity index is 462. The van der Waals surface area contributed by atoms with E-state index in [-0.39, 0.29) is 17.4 Å². The lowest BCUT2D eigenvalue weighted by atomic mass is 9.92. The van der Waals surface area contributed by atoms with Crippen molar-refractivity contribution < 1.29 is 13.2 Å². The molecule has 3 aliphatic rings. The molecule has 1 aliphatic carbocycles. The van der Waals surface area contributed by atoms with Crippen LogP contribution in [0.15, 0.2) is 0 Å². The molecular weight excluding hydrogens is 300 g/mol. The molecule has 0 radical (unpaired) electrons. The van der Waals surface area contributed by atoms with Crippen LogP contribution in [0, 0.1) is 0 Å². The van der Waals surface area contributed by atoms with E-state index >= 15 is 0 Å². The number of nitrogens with zero attached hydrogens (tertiary/aromatic N) is 1. The highest BCUT2D eigenvalue weighted by atomic mass is 32.2. The first-order valence-electron chi connectivity index (χ1n) is 8.93. The van der Waals surface area contributed by atoms with E-state index in [0.717, 1.165) is 25.9 Å². The van der Waals surface area contributed by atoms with Crippen LogP contribution in [0.5, 0.6) is 0 Å². The van der Waals surface area contributed by atoms with Gasteiger partial charge in [-0.3, -0.25) is 4.90 Å². The fourth-order valence-electron chi connectivity index (χ4n) is 4.32. The summed E-state index contributed by atoms with van der Waals surface area (Å²) in [6.45, 7) is 4.44. The van der Waals surface area contributed by atoms with Crippen molar-refractivity contribution in [1.29, 1.82) is 0 Å². The normalized spacial score (nSPS) is 35.8. The summed E-state index contributed by atoms with van der Waals surface area (Å²) in [5.74, 6) is 0. The maximum atomic E-state index is 12.6. The first-order valence-corrected chi connectivity index (χ1v) is 10.5. The number of sulfonamides is 1. The molecule has 0 bridgehead atoms. The highest BCUT2D eigenvalue weighted by Gasteiger charge is 2.38.